The predicted octanol–water partition coefficient (Wildman–Crippen LogP) is 1.18. The van der Waals surface area contributed by atoms with Crippen LogP contribution in [0.2, 0.25) is 0 Å². The van der Waals surface area contributed by atoms with Gasteiger partial charge in [0, 0.05) is 18.8 Å². The maximum absolute atomic E-state index is 4.16. The molecule has 66 valence electrons. The smallest absolute Gasteiger partial charge is 0.0951 e. The molecule has 0 aromatic carbocycles. The Morgan fingerprint density at radius 2 is 2.50 bits per heavy atom. The third-order valence-electron chi connectivity index (χ3n) is 2.53. The van der Waals surface area contributed by atoms with Crippen LogP contribution in [-0.2, 0) is 6.54 Å². The molecular weight excluding hydrogens is 150 g/mol. The molecule has 0 spiro atoms. The van der Waals surface area contributed by atoms with Gasteiger partial charge in [-0.05, 0) is 19.4 Å². The lowest BCUT2D eigenvalue weighted by atomic mass is 10.4. The zero-order valence-electron chi connectivity index (χ0n) is 7.62. The lowest BCUT2D eigenvalue weighted by molar-refractivity contribution is 0.629. The van der Waals surface area contributed by atoms with E-state index < -0.39 is 0 Å². The number of hydrogen-bond donors (Lipinski definition) is 1. The standard InChI is InChI=1S/C9H15N3/c1-7-3-9(7)12-6-11-5-8(12)4-10-2/h5-7,9-10H,3-4H2,1-2H3. The third-order valence-corrected chi connectivity index (χ3v) is 2.53. The Labute approximate surface area is 72.8 Å². The molecule has 2 rings (SSSR count). The van der Waals surface area contributed by atoms with Gasteiger partial charge in [0.05, 0.1) is 12.0 Å². The summed E-state index contributed by atoms with van der Waals surface area (Å²) in [5, 5.41) is 3.15. The van der Waals surface area contributed by atoms with Gasteiger partial charge in [0.25, 0.3) is 0 Å². The van der Waals surface area contributed by atoms with Gasteiger partial charge < -0.3 is 9.88 Å². The number of rotatable bonds is 3. The van der Waals surface area contributed by atoms with Crippen LogP contribution in [0, 0.1) is 5.92 Å². The average molecular weight is 165 g/mol. The quantitative estimate of drug-likeness (QED) is 0.729. The number of hydrogen-bond acceptors (Lipinski definition) is 2. The van der Waals surface area contributed by atoms with Gasteiger partial charge in [0.2, 0.25) is 0 Å². The summed E-state index contributed by atoms with van der Waals surface area (Å²) in [6.45, 7) is 3.21. The molecule has 2 atom stereocenters. The lowest BCUT2D eigenvalue weighted by Crippen LogP contribution is -2.10. The van der Waals surface area contributed by atoms with Gasteiger partial charge in [-0.1, -0.05) is 6.92 Å². The molecule has 12 heavy (non-hydrogen) atoms. The lowest BCUT2D eigenvalue weighted by Gasteiger charge is -2.05. The maximum Gasteiger partial charge on any atom is 0.0951 e. The normalized spacial score (nSPS) is 27.5. The Morgan fingerprint density at radius 1 is 1.75 bits per heavy atom. The van der Waals surface area contributed by atoms with E-state index in [4.69, 9.17) is 0 Å². The van der Waals surface area contributed by atoms with E-state index in [1.165, 1.54) is 12.1 Å². The molecule has 0 bridgehead atoms. The van der Waals surface area contributed by atoms with Crippen LogP contribution in [0.15, 0.2) is 12.5 Å². The molecule has 1 aromatic heterocycles. The highest BCUT2D eigenvalue weighted by Crippen LogP contribution is 2.43. The van der Waals surface area contributed by atoms with Crippen LogP contribution in [0.25, 0.3) is 0 Å². The van der Waals surface area contributed by atoms with Crippen molar-refractivity contribution < 1.29 is 0 Å². The van der Waals surface area contributed by atoms with E-state index >= 15 is 0 Å². The van der Waals surface area contributed by atoms with Crippen molar-refractivity contribution >= 4 is 0 Å². The molecule has 1 aliphatic rings. The van der Waals surface area contributed by atoms with Gasteiger partial charge in [-0.3, -0.25) is 0 Å². The fraction of sp³-hybridized carbons (Fsp3) is 0.667. The van der Waals surface area contributed by atoms with Crippen LogP contribution in [0.3, 0.4) is 0 Å². The van der Waals surface area contributed by atoms with Crippen molar-refractivity contribution in [3.8, 4) is 0 Å². The van der Waals surface area contributed by atoms with Gasteiger partial charge in [-0.2, -0.15) is 0 Å². The molecule has 0 aliphatic heterocycles. The van der Waals surface area contributed by atoms with E-state index in [1.54, 1.807) is 0 Å². The van der Waals surface area contributed by atoms with Crippen molar-refractivity contribution in [3.05, 3.63) is 18.2 Å². The van der Waals surface area contributed by atoms with Gasteiger partial charge in [-0.15, -0.1) is 0 Å². The van der Waals surface area contributed by atoms with Crippen LogP contribution in [0.1, 0.15) is 25.1 Å². The fourth-order valence-electron chi connectivity index (χ4n) is 1.64. The highest BCUT2D eigenvalue weighted by Gasteiger charge is 2.34. The highest BCUT2D eigenvalue weighted by atomic mass is 15.1. The molecule has 0 radical (unpaired) electrons. The van der Waals surface area contributed by atoms with E-state index in [9.17, 15) is 0 Å². The molecule has 1 aromatic rings. The summed E-state index contributed by atoms with van der Waals surface area (Å²) in [7, 11) is 1.97. The number of aromatic nitrogens is 2. The van der Waals surface area contributed by atoms with Crippen molar-refractivity contribution in [1.29, 1.82) is 0 Å². The second-order valence-electron chi connectivity index (χ2n) is 3.60. The molecular formula is C9H15N3. The maximum atomic E-state index is 4.16. The van der Waals surface area contributed by atoms with Crippen LogP contribution in [0.5, 0.6) is 0 Å². The second kappa shape index (κ2) is 2.90. The number of nitrogens with zero attached hydrogens (tertiary/aromatic N) is 2. The average Bonchev–Trinajstić information content (AvgIpc) is 2.62. The summed E-state index contributed by atoms with van der Waals surface area (Å²) >= 11 is 0. The van der Waals surface area contributed by atoms with Crippen LogP contribution >= 0.6 is 0 Å². The zero-order valence-corrected chi connectivity index (χ0v) is 7.62. The van der Waals surface area contributed by atoms with Crippen LogP contribution in [0.4, 0.5) is 0 Å². The van der Waals surface area contributed by atoms with Crippen molar-refractivity contribution in [3.63, 3.8) is 0 Å². The second-order valence-corrected chi connectivity index (χ2v) is 3.60. The predicted molar refractivity (Wildman–Crippen MR) is 47.8 cm³/mol. The number of nitrogens with one attached hydrogen (secondary N) is 1. The summed E-state index contributed by atoms with van der Waals surface area (Å²) in [6, 6.07) is 0.718. The largest absolute Gasteiger partial charge is 0.330 e. The molecule has 1 heterocycles. The highest BCUT2D eigenvalue weighted by molar-refractivity contribution is 5.04. The summed E-state index contributed by atoms with van der Waals surface area (Å²) in [5.74, 6) is 0.842. The van der Waals surface area contributed by atoms with Crippen LogP contribution < -0.4 is 5.32 Å². The minimum Gasteiger partial charge on any atom is -0.330 e. The number of imidazole rings is 1. The van der Waals surface area contributed by atoms with E-state index in [0.29, 0.717) is 0 Å². The van der Waals surface area contributed by atoms with Gasteiger partial charge in [0.15, 0.2) is 0 Å². The minimum absolute atomic E-state index is 0.718. The van der Waals surface area contributed by atoms with Crippen molar-refractivity contribution in [1.82, 2.24) is 14.9 Å². The van der Waals surface area contributed by atoms with Crippen molar-refractivity contribution in [2.24, 2.45) is 5.92 Å². The SMILES string of the molecule is CNCc1cncn1C1CC1C. The van der Waals surface area contributed by atoms with Crippen molar-refractivity contribution in [2.45, 2.75) is 25.9 Å². The summed E-state index contributed by atoms with van der Waals surface area (Å²) in [6.07, 6.45) is 5.20. The Kier molecular flexibility index (Phi) is 1.89. The van der Waals surface area contributed by atoms with E-state index in [-0.39, 0.29) is 0 Å². The molecule has 0 saturated heterocycles. The molecule has 3 nitrogen and oxygen atoms in total. The van der Waals surface area contributed by atoms with E-state index in [0.717, 1.165) is 18.5 Å². The van der Waals surface area contributed by atoms with E-state index in [2.05, 4.69) is 21.8 Å². The molecule has 3 heteroatoms. The monoisotopic (exact) mass is 165 g/mol. The Hall–Kier alpha value is -0.830. The van der Waals surface area contributed by atoms with E-state index in [1.807, 2.05) is 19.6 Å². The molecule has 1 aliphatic carbocycles. The Bertz CT molecular complexity index is 266. The summed E-state index contributed by atoms with van der Waals surface area (Å²) in [5.41, 5.74) is 1.30. The summed E-state index contributed by atoms with van der Waals surface area (Å²) < 4.78 is 2.29. The topological polar surface area (TPSA) is 29.9 Å². The third kappa shape index (κ3) is 1.25. The molecule has 1 saturated carbocycles. The fourth-order valence-corrected chi connectivity index (χ4v) is 1.64. The molecule has 1 N–H and O–H groups in total. The summed E-state index contributed by atoms with van der Waals surface area (Å²) in [4.78, 5) is 4.16. The van der Waals surface area contributed by atoms with Crippen LogP contribution in [-0.4, -0.2) is 16.6 Å². The van der Waals surface area contributed by atoms with Gasteiger partial charge in [0.1, 0.15) is 0 Å². The van der Waals surface area contributed by atoms with Gasteiger partial charge in [-0.25, -0.2) is 4.98 Å². The first-order valence-electron chi connectivity index (χ1n) is 4.48. The van der Waals surface area contributed by atoms with Gasteiger partial charge >= 0.3 is 0 Å². The zero-order chi connectivity index (χ0) is 8.55. The Balaban J connectivity index is 2.14. The molecule has 1 fully saturated rings. The minimum atomic E-state index is 0.718. The first-order valence-corrected chi connectivity index (χ1v) is 4.48. The van der Waals surface area contributed by atoms with Crippen molar-refractivity contribution in [2.75, 3.05) is 7.05 Å². The molecule has 2 unspecified atom stereocenters. The first kappa shape index (κ1) is 7.80. The first-order chi connectivity index (χ1) is 5.83. The molecule has 0 amide bonds. The Morgan fingerprint density at radius 3 is 3.08 bits per heavy atom.